The molecule has 0 atom stereocenters. The molecule has 0 amide bonds. The van der Waals surface area contributed by atoms with Gasteiger partial charge in [-0.05, 0) is 18.2 Å². The Balaban J connectivity index is 1.95. The maximum Gasteiger partial charge on any atom is 0.360 e. The molecule has 166 valence electrons. The van der Waals surface area contributed by atoms with Crippen LogP contribution in [0.4, 0.5) is 11.4 Å². The molecular weight excluding hydrogens is 483 g/mol. The molecule has 0 unspecified atom stereocenters. The lowest BCUT2D eigenvalue weighted by molar-refractivity contribution is -0.422. The molecule has 2 N–H and O–H groups in total. The Kier molecular flexibility index (Phi) is 4.22. The first-order chi connectivity index (χ1) is 15.6. The highest BCUT2D eigenvalue weighted by atomic mass is 35.5. The quantitative estimate of drug-likeness (QED) is 0.292. The number of hydrogen-bond donors (Lipinski definition) is 2. The topological polar surface area (TPSA) is 162 Å². The SMILES string of the molecule is O=C1OC2(c3cc(Cl)c(O)cc3Oc3cc(O)c(Cl)cc32)c2ccc([N+](=O)[O-])c([N+](=O)[O-])c21. The van der Waals surface area contributed by atoms with E-state index >= 15 is 0 Å². The fourth-order valence-electron chi connectivity index (χ4n) is 4.13. The molecule has 2 heterocycles. The number of rotatable bonds is 2. The number of aromatic hydroxyl groups is 2. The van der Waals surface area contributed by atoms with Crippen LogP contribution in [0.2, 0.25) is 10.0 Å². The van der Waals surface area contributed by atoms with E-state index in [0.717, 1.165) is 24.3 Å². The Bertz CT molecular complexity index is 1400. The Morgan fingerprint density at radius 2 is 1.39 bits per heavy atom. The number of nitro benzene ring substituents is 2. The van der Waals surface area contributed by atoms with Gasteiger partial charge in [-0.2, -0.15) is 0 Å². The van der Waals surface area contributed by atoms with Crippen molar-refractivity contribution >= 4 is 40.5 Å². The molecule has 0 saturated carbocycles. The summed E-state index contributed by atoms with van der Waals surface area (Å²) < 4.78 is 11.5. The van der Waals surface area contributed by atoms with Crippen molar-refractivity contribution in [3.05, 3.63) is 88.9 Å². The summed E-state index contributed by atoms with van der Waals surface area (Å²) in [5, 5.41) is 43.0. The average molecular weight is 491 g/mol. The van der Waals surface area contributed by atoms with E-state index in [9.17, 15) is 35.2 Å². The minimum Gasteiger partial charge on any atom is -0.506 e. The van der Waals surface area contributed by atoms with Gasteiger partial charge in [-0.25, -0.2) is 4.79 Å². The normalized spacial score (nSPS) is 14.7. The number of esters is 1. The molecule has 0 aromatic heterocycles. The number of fused-ring (bicyclic) bond motifs is 6. The third kappa shape index (κ3) is 2.66. The molecule has 0 radical (unpaired) electrons. The molecule has 1 spiro atoms. The Morgan fingerprint density at radius 3 is 1.88 bits per heavy atom. The van der Waals surface area contributed by atoms with Gasteiger partial charge in [0.2, 0.25) is 0 Å². The van der Waals surface area contributed by atoms with Crippen molar-refractivity contribution in [3.63, 3.8) is 0 Å². The number of carbonyl (C=O) groups excluding carboxylic acids is 1. The molecule has 33 heavy (non-hydrogen) atoms. The van der Waals surface area contributed by atoms with Gasteiger partial charge in [-0.15, -0.1) is 0 Å². The number of phenolic OH excluding ortho intramolecular Hbond substituents is 2. The fraction of sp³-hybridized carbons (Fsp3) is 0.0500. The lowest BCUT2D eigenvalue weighted by Gasteiger charge is -2.36. The summed E-state index contributed by atoms with van der Waals surface area (Å²) >= 11 is 12.2. The lowest BCUT2D eigenvalue weighted by Crippen LogP contribution is -2.33. The summed E-state index contributed by atoms with van der Waals surface area (Å²) in [6, 6.07) is 6.81. The van der Waals surface area contributed by atoms with Gasteiger partial charge >= 0.3 is 17.3 Å². The molecule has 11 nitrogen and oxygen atoms in total. The molecule has 0 bridgehead atoms. The monoisotopic (exact) mass is 490 g/mol. The number of carbonyl (C=O) groups is 1. The zero-order valence-electron chi connectivity index (χ0n) is 15.9. The lowest BCUT2D eigenvalue weighted by atomic mass is 9.77. The maximum absolute atomic E-state index is 13.0. The Hall–Kier alpha value is -4.09. The highest BCUT2D eigenvalue weighted by Crippen LogP contribution is 2.60. The first-order valence-electron chi connectivity index (χ1n) is 8.99. The Labute approximate surface area is 192 Å². The standard InChI is InChI=1S/C20H8Cl2N2O9/c21-10-3-8-15(5-13(10)25)32-16-6-14(26)11(22)4-9(16)20(8)7-1-2-12(23(28)29)18(24(30)31)17(7)19(27)33-20/h1-6,25-26H. The van der Waals surface area contributed by atoms with Gasteiger partial charge in [0.15, 0.2) is 11.2 Å². The smallest absolute Gasteiger partial charge is 0.360 e. The van der Waals surface area contributed by atoms with Crippen LogP contribution >= 0.6 is 23.2 Å². The van der Waals surface area contributed by atoms with E-state index in [1.165, 1.54) is 12.1 Å². The number of hydrogen-bond acceptors (Lipinski definition) is 9. The summed E-state index contributed by atoms with van der Waals surface area (Å²) in [6.45, 7) is 0. The second kappa shape index (κ2) is 6.70. The molecule has 2 aliphatic rings. The van der Waals surface area contributed by atoms with E-state index in [0.29, 0.717) is 0 Å². The molecule has 13 heteroatoms. The number of benzene rings is 3. The average Bonchev–Trinajstić information content (AvgIpc) is 3.04. The van der Waals surface area contributed by atoms with Crippen LogP contribution < -0.4 is 4.74 Å². The van der Waals surface area contributed by atoms with Crippen LogP contribution in [0.5, 0.6) is 23.0 Å². The summed E-state index contributed by atoms with van der Waals surface area (Å²) in [4.78, 5) is 34.1. The van der Waals surface area contributed by atoms with E-state index in [1.54, 1.807) is 0 Å². The van der Waals surface area contributed by atoms with Crippen molar-refractivity contribution in [1.29, 1.82) is 0 Å². The second-order valence-electron chi connectivity index (χ2n) is 7.14. The number of halogens is 2. The van der Waals surface area contributed by atoms with Crippen molar-refractivity contribution in [2.75, 3.05) is 0 Å². The summed E-state index contributed by atoms with van der Waals surface area (Å²) in [5.74, 6) is -2.01. The summed E-state index contributed by atoms with van der Waals surface area (Å²) in [5.41, 5.74) is -4.43. The summed E-state index contributed by atoms with van der Waals surface area (Å²) in [6.07, 6.45) is 0. The molecule has 5 rings (SSSR count). The van der Waals surface area contributed by atoms with Crippen molar-refractivity contribution in [2.45, 2.75) is 5.60 Å². The van der Waals surface area contributed by atoms with Crippen molar-refractivity contribution in [2.24, 2.45) is 0 Å². The van der Waals surface area contributed by atoms with E-state index in [4.69, 9.17) is 32.7 Å². The molecule has 2 aliphatic heterocycles. The van der Waals surface area contributed by atoms with Gasteiger partial charge in [0.25, 0.3) is 0 Å². The zero-order chi connectivity index (χ0) is 23.8. The Morgan fingerprint density at radius 1 is 0.848 bits per heavy atom. The number of phenols is 2. The van der Waals surface area contributed by atoms with E-state index in [2.05, 4.69) is 0 Å². The van der Waals surface area contributed by atoms with Crippen LogP contribution in [0.15, 0.2) is 36.4 Å². The van der Waals surface area contributed by atoms with Crippen LogP contribution in [0.1, 0.15) is 27.0 Å². The third-order valence-corrected chi connectivity index (χ3v) is 6.05. The van der Waals surface area contributed by atoms with Crippen LogP contribution in [-0.2, 0) is 10.3 Å². The highest BCUT2D eigenvalue weighted by Gasteiger charge is 2.57. The first-order valence-corrected chi connectivity index (χ1v) is 9.75. The molecule has 0 fully saturated rings. The number of nitrogens with zero attached hydrogens (tertiary/aromatic N) is 2. The van der Waals surface area contributed by atoms with Gasteiger partial charge in [0.1, 0.15) is 23.0 Å². The molecule has 0 aliphatic carbocycles. The van der Waals surface area contributed by atoms with Crippen LogP contribution in [0.25, 0.3) is 0 Å². The van der Waals surface area contributed by atoms with Gasteiger partial charge in [0.05, 0.1) is 19.9 Å². The molecule has 0 saturated heterocycles. The van der Waals surface area contributed by atoms with Gasteiger partial charge in [-0.3, -0.25) is 20.2 Å². The second-order valence-corrected chi connectivity index (χ2v) is 7.96. The predicted octanol–water partition coefficient (Wildman–Crippen LogP) is 4.79. The number of nitro groups is 2. The maximum atomic E-state index is 13.0. The minimum atomic E-state index is -1.93. The van der Waals surface area contributed by atoms with Crippen molar-refractivity contribution < 1.29 is 34.3 Å². The first kappa shape index (κ1) is 20.8. The predicted molar refractivity (Wildman–Crippen MR) is 111 cm³/mol. The van der Waals surface area contributed by atoms with E-state index in [-0.39, 0.29) is 49.7 Å². The van der Waals surface area contributed by atoms with E-state index < -0.39 is 38.4 Å². The van der Waals surface area contributed by atoms with Crippen molar-refractivity contribution in [1.82, 2.24) is 0 Å². The van der Waals surface area contributed by atoms with Crippen LogP contribution in [0.3, 0.4) is 0 Å². The fourth-order valence-corrected chi connectivity index (χ4v) is 4.45. The highest BCUT2D eigenvalue weighted by molar-refractivity contribution is 6.32. The molecule has 3 aromatic rings. The van der Waals surface area contributed by atoms with Gasteiger partial charge in [0, 0.05) is 34.9 Å². The van der Waals surface area contributed by atoms with Crippen LogP contribution in [-0.4, -0.2) is 26.0 Å². The number of ether oxygens (including phenoxy) is 2. The van der Waals surface area contributed by atoms with E-state index in [1.807, 2.05) is 0 Å². The summed E-state index contributed by atoms with van der Waals surface area (Å²) in [7, 11) is 0. The van der Waals surface area contributed by atoms with Crippen molar-refractivity contribution in [3.8, 4) is 23.0 Å². The molecular formula is C20H8Cl2N2O9. The van der Waals surface area contributed by atoms with Gasteiger partial charge in [-0.1, -0.05) is 23.2 Å². The largest absolute Gasteiger partial charge is 0.506 e. The minimum absolute atomic E-state index is 0.0345. The van der Waals surface area contributed by atoms with Gasteiger partial charge < -0.3 is 19.7 Å². The van der Waals surface area contributed by atoms with Crippen LogP contribution in [0, 0.1) is 20.2 Å². The third-order valence-electron chi connectivity index (χ3n) is 5.44. The molecule has 3 aromatic carbocycles. The zero-order valence-corrected chi connectivity index (χ0v) is 17.4.